The number of hydrogen-bond acceptors (Lipinski definition) is 6. The molecule has 33 heavy (non-hydrogen) atoms. The van der Waals surface area contributed by atoms with Crippen LogP contribution in [0.4, 0.5) is 0 Å². The van der Waals surface area contributed by atoms with Crippen LogP contribution in [0.1, 0.15) is 43.0 Å². The lowest BCUT2D eigenvalue weighted by atomic mass is 9.97. The summed E-state index contributed by atoms with van der Waals surface area (Å²) in [5, 5.41) is 15.8. The van der Waals surface area contributed by atoms with Gasteiger partial charge < -0.3 is 9.84 Å². The summed E-state index contributed by atoms with van der Waals surface area (Å²) in [5.41, 5.74) is 2.54. The van der Waals surface area contributed by atoms with Crippen molar-refractivity contribution in [1.29, 1.82) is 0 Å². The number of aliphatic carboxylic acids is 1. The molecule has 2 N–H and O–H groups in total. The van der Waals surface area contributed by atoms with Gasteiger partial charge in [0.05, 0.1) is 19.2 Å². The van der Waals surface area contributed by atoms with E-state index in [4.69, 9.17) is 4.74 Å². The van der Waals surface area contributed by atoms with Gasteiger partial charge >= 0.3 is 11.9 Å². The van der Waals surface area contributed by atoms with Crippen molar-refractivity contribution in [2.24, 2.45) is 0 Å². The van der Waals surface area contributed by atoms with E-state index >= 15 is 0 Å². The van der Waals surface area contributed by atoms with Crippen LogP contribution in [-0.2, 0) is 32.1 Å². The Balaban J connectivity index is 1.74. The van der Waals surface area contributed by atoms with Crippen LogP contribution in [0.2, 0.25) is 0 Å². The van der Waals surface area contributed by atoms with Gasteiger partial charge in [-0.25, -0.2) is 5.01 Å². The SMILES string of the molecule is CCOC(=O)[C@H](CCc1ccccc1)N[C@@H](C)C(=O)N1Cc2ccccc2C(C(=O)O)N1C. The lowest BCUT2D eigenvalue weighted by Crippen LogP contribution is -2.57. The number of fused-ring (bicyclic) bond motifs is 1. The highest BCUT2D eigenvalue weighted by Crippen LogP contribution is 2.31. The van der Waals surface area contributed by atoms with Crippen molar-refractivity contribution in [1.82, 2.24) is 15.3 Å². The summed E-state index contributed by atoms with van der Waals surface area (Å²) in [5.74, 6) is -1.75. The van der Waals surface area contributed by atoms with E-state index < -0.39 is 30.1 Å². The molecule has 0 fully saturated rings. The monoisotopic (exact) mass is 453 g/mol. The van der Waals surface area contributed by atoms with Crippen molar-refractivity contribution in [3.8, 4) is 0 Å². The van der Waals surface area contributed by atoms with Gasteiger partial charge in [0, 0.05) is 7.05 Å². The standard InChI is InChI=1S/C25H31N3O5/c1-4-33-25(32)21(15-14-18-10-6-5-7-11-18)26-17(2)23(29)28-16-19-12-8-9-13-20(19)22(24(30)31)27(28)3/h5-13,17,21-22,26H,4,14-16H2,1-3H3,(H,30,31)/t17-,21-,22?/m0/s1. The van der Waals surface area contributed by atoms with Crippen LogP contribution < -0.4 is 5.32 Å². The summed E-state index contributed by atoms with van der Waals surface area (Å²) >= 11 is 0. The second-order valence-corrected chi connectivity index (χ2v) is 8.13. The molecule has 2 aromatic carbocycles. The second kappa shape index (κ2) is 11.1. The lowest BCUT2D eigenvalue weighted by molar-refractivity contribution is -0.167. The first-order valence-corrected chi connectivity index (χ1v) is 11.1. The number of carbonyl (C=O) groups excluding carboxylic acids is 2. The summed E-state index contributed by atoms with van der Waals surface area (Å²) in [6.45, 7) is 3.93. The van der Waals surface area contributed by atoms with E-state index in [1.165, 1.54) is 10.0 Å². The highest BCUT2D eigenvalue weighted by Gasteiger charge is 2.39. The average molecular weight is 454 g/mol. The molecule has 1 aliphatic heterocycles. The minimum atomic E-state index is -1.03. The molecule has 0 radical (unpaired) electrons. The summed E-state index contributed by atoms with van der Waals surface area (Å²) in [4.78, 5) is 37.9. The number of carboxylic acids is 1. The molecule has 2 aromatic rings. The second-order valence-electron chi connectivity index (χ2n) is 8.13. The Morgan fingerprint density at radius 3 is 2.45 bits per heavy atom. The summed E-state index contributed by atoms with van der Waals surface area (Å²) in [6, 6.07) is 14.7. The molecule has 1 unspecified atom stereocenters. The van der Waals surface area contributed by atoms with Gasteiger partial charge in [-0.1, -0.05) is 54.6 Å². The Morgan fingerprint density at radius 2 is 1.79 bits per heavy atom. The third kappa shape index (κ3) is 5.77. The van der Waals surface area contributed by atoms with Crippen LogP contribution >= 0.6 is 0 Å². The molecule has 1 amide bonds. The zero-order valence-electron chi connectivity index (χ0n) is 19.2. The fraction of sp³-hybridized carbons (Fsp3) is 0.400. The number of esters is 1. The number of hydrazine groups is 1. The molecule has 0 aromatic heterocycles. The fourth-order valence-electron chi connectivity index (χ4n) is 4.15. The summed E-state index contributed by atoms with van der Waals surface area (Å²) in [6.07, 6.45) is 1.12. The maximum absolute atomic E-state index is 13.4. The molecule has 8 heteroatoms. The molecule has 0 aliphatic carbocycles. The van der Waals surface area contributed by atoms with Gasteiger partial charge in [-0.05, 0) is 43.4 Å². The maximum atomic E-state index is 13.4. The number of hydrogen-bond donors (Lipinski definition) is 2. The van der Waals surface area contributed by atoms with E-state index in [-0.39, 0.29) is 19.1 Å². The van der Waals surface area contributed by atoms with Gasteiger partial charge in [0.25, 0.3) is 5.91 Å². The van der Waals surface area contributed by atoms with E-state index in [0.29, 0.717) is 18.4 Å². The van der Waals surface area contributed by atoms with E-state index in [1.54, 1.807) is 33.0 Å². The number of nitrogens with zero attached hydrogens (tertiary/aromatic N) is 2. The Morgan fingerprint density at radius 1 is 1.12 bits per heavy atom. The third-order valence-electron chi connectivity index (χ3n) is 5.87. The van der Waals surface area contributed by atoms with Crippen molar-refractivity contribution < 1.29 is 24.2 Å². The van der Waals surface area contributed by atoms with Crippen molar-refractivity contribution in [3.63, 3.8) is 0 Å². The van der Waals surface area contributed by atoms with E-state index in [1.807, 2.05) is 42.5 Å². The first-order chi connectivity index (χ1) is 15.8. The van der Waals surface area contributed by atoms with Crippen LogP contribution in [0.3, 0.4) is 0 Å². The van der Waals surface area contributed by atoms with Gasteiger partial charge in [-0.15, -0.1) is 0 Å². The van der Waals surface area contributed by atoms with Gasteiger partial charge in [-0.3, -0.25) is 24.7 Å². The molecule has 1 heterocycles. The molecule has 1 aliphatic rings. The average Bonchev–Trinajstić information content (AvgIpc) is 2.81. The predicted octanol–water partition coefficient (Wildman–Crippen LogP) is 2.54. The molecule has 176 valence electrons. The fourth-order valence-corrected chi connectivity index (χ4v) is 4.15. The van der Waals surface area contributed by atoms with Crippen molar-refractivity contribution in [2.45, 2.75) is 51.4 Å². The Kier molecular flexibility index (Phi) is 8.19. The van der Waals surface area contributed by atoms with Crippen LogP contribution in [0.15, 0.2) is 54.6 Å². The number of rotatable bonds is 9. The smallest absolute Gasteiger partial charge is 0.327 e. The minimum absolute atomic E-state index is 0.247. The quantitative estimate of drug-likeness (QED) is 0.563. The van der Waals surface area contributed by atoms with Crippen LogP contribution in [0.25, 0.3) is 0 Å². The van der Waals surface area contributed by atoms with Crippen LogP contribution in [-0.4, -0.2) is 58.7 Å². The van der Waals surface area contributed by atoms with Gasteiger partial charge in [0.2, 0.25) is 0 Å². The van der Waals surface area contributed by atoms with E-state index in [2.05, 4.69) is 5.32 Å². The number of amides is 1. The van der Waals surface area contributed by atoms with Crippen LogP contribution in [0, 0.1) is 0 Å². The molecule has 3 rings (SSSR count). The Bertz CT molecular complexity index is 981. The third-order valence-corrected chi connectivity index (χ3v) is 5.87. The highest BCUT2D eigenvalue weighted by atomic mass is 16.5. The minimum Gasteiger partial charge on any atom is -0.480 e. The zero-order chi connectivity index (χ0) is 24.0. The Labute approximate surface area is 194 Å². The number of nitrogens with one attached hydrogen (secondary N) is 1. The summed E-state index contributed by atoms with van der Waals surface area (Å²) < 4.78 is 5.22. The number of carboxylic acid groups (broad SMARTS) is 1. The number of carbonyl (C=O) groups is 3. The molecule has 0 bridgehead atoms. The predicted molar refractivity (Wildman–Crippen MR) is 123 cm³/mol. The Hall–Kier alpha value is -3.23. The van der Waals surface area contributed by atoms with E-state index in [0.717, 1.165) is 11.1 Å². The molecule has 8 nitrogen and oxygen atoms in total. The number of likely N-dealkylation sites (N-methyl/N-ethyl adjacent to an activating group) is 1. The molecule has 3 atom stereocenters. The maximum Gasteiger partial charge on any atom is 0.327 e. The molecule has 0 saturated heterocycles. The molecule has 0 saturated carbocycles. The first kappa shape index (κ1) is 24.4. The largest absolute Gasteiger partial charge is 0.480 e. The highest BCUT2D eigenvalue weighted by molar-refractivity contribution is 5.84. The molecule has 0 spiro atoms. The first-order valence-electron chi connectivity index (χ1n) is 11.1. The lowest BCUT2D eigenvalue weighted by Gasteiger charge is -2.42. The normalized spacial score (nSPS) is 17.7. The van der Waals surface area contributed by atoms with Gasteiger partial charge in [-0.2, -0.15) is 0 Å². The zero-order valence-corrected chi connectivity index (χ0v) is 19.2. The van der Waals surface area contributed by atoms with Gasteiger partial charge in [0.1, 0.15) is 6.04 Å². The molecular weight excluding hydrogens is 422 g/mol. The van der Waals surface area contributed by atoms with Crippen LogP contribution in [0.5, 0.6) is 0 Å². The summed E-state index contributed by atoms with van der Waals surface area (Å²) in [7, 11) is 1.59. The van der Waals surface area contributed by atoms with Crippen molar-refractivity contribution >= 4 is 17.8 Å². The number of benzene rings is 2. The molecular formula is C25H31N3O5. The van der Waals surface area contributed by atoms with Gasteiger partial charge in [0.15, 0.2) is 6.04 Å². The topological polar surface area (TPSA) is 99.2 Å². The van der Waals surface area contributed by atoms with Crippen molar-refractivity contribution in [2.75, 3.05) is 13.7 Å². The van der Waals surface area contributed by atoms with Crippen molar-refractivity contribution in [3.05, 3.63) is 71.3 Å². The van der Waals surface area contributed by atoms with E-state index in [9.17, 15) is 19.5 Å². The number of aryl methyl sites for hydroxylation is 1. The number of ether oxygens (including phenoxy) is 1.